The maximum Gasteiger partial charge on any atom is 0.300 e. The van der Waals surface area contributed by atoms with Crippen molar-refractivity contribution in [2.75, 3.05) is 12.0 Å². The van der Waals surface area contributed by atoms with Crippen LogP contribution in [-0.2, 0) is 9.59 Å². The lowest BCUT2D eigenvalue weighted by Crippen LogP contribution is -2.30. The lowest BCUT2D eigenvalue weighted by Gasteiger charge is -2.26. The number of methoxy groups -OCH3 is 1. The van der Waals surface area contributed by atoms with Gasteiger partial charge in [0.25, 0.3) is 11.7 Å². The van der Waals surface area contributed by atoms with Crippen LogP contribution in [0.5, 0.6) is 5.75 Å². The molecule has 0 aliphatic carbocycles. The second-order valence-electron chi connectivity index (χ2n) is 6.97. The summed E-state index contributed by atoms with van der Waals surface area (Å²) in [5.41, 5.74) is 2.57. The average Bonchev–Trinajstić information content (AvgIpc) is 3.05. The maximum atomic E-state index is 13.1. The Morgan fingerprint density at radius 2 is 1.77 bits per heavy atom. The normalized spacial score (nSPS) is 17.9. The Kier molecular flexibility index (Phi) is 5.06. The summed E-state index contributed by atoms with van der Waals surface area (Å²) in [4.78, 5) is 31.7. The van der Waals surface area contributed by atoms with Gasteiger partial charge in [-0.25, -0.2) is 0 Å². The molecule has 4 rings (SSSR count). The van der Waals surface area contributed by atoms with E-state index in [0.717, 1.165) is 5.56 Å². The number of rotatable bonds is 4. The fourth-order valence-electron chi connectivity index (χ4n) is 3.70. The smallest absolute Gasteiger partial charge is 0.300 e. The molecule has 1 amide bonds. The quantitative estimate of drug-likeness (QED) is 0.406. The fraction of sp³-hybridized carbons (Fsp3) is 0.125. The monoisotopic (exact) mass is 400 g/mol. The van der Waals surface area contributed by atoms with Crippen LogP contribution in [0.15, 0.2) is 78.6 Å². The van der Waals surface area contributed by atoms with Gasteiger partial charge < -0.3 is 9.84 Å². The van der Waals surface area contributed by atoms with Gasteiger partial charge in [0.15, 0.2) is 0 Å². The number of Topliss-reactive ketones (excluding diaryl/α,β-unsaturated/α-hetero) is 1. The first-order chi connectivity index (χ1) is 14.5. The first kappa shape index (κ1) is 19.4. The van der Waals surface area contributed by atoms with Crippen molar-refractivity contribution in [3.63, 3.8) is 0 Å². The summed E-state index contributed by atoms with van der Waals surface area (Å²) in [5.74, 6) is -1.13. The molecular weight excluding hydrogens is 380 g/mol. The van der Waals surface area contributed by atoms with E-state index in [-0.39, 0.29) is 11.3 Å². The molecule has 1 aromatic heterocycles. The minimum atomic E-state index is -0.777. The number of nitrogens with zero attached hydrogens (tertiary/aromatic N) is 2. The van der Waals surface area contributed by atoms with E-state index in [2.05, 4.69) is 4.98 Å². The Balaban J connectivity index is 1.96. The molecule has 6 heteroatoms. The number of aryl methyl sites for hydroxylation is 1. The van der Waals surface area contributed by atoms with Gasteiger partial charge in [-0.3, -0.25) is 19.5 Å². The predicted octanol–water partition coefficient (Wildman–Crippen LogP) is 4.02. The van der Waals surface area contributed by atoms with Crippen LogP contribution in [0, 0.1) is 6.92 Å². The number of aromatic nitrogens is 1. The summed E-state index contributed by atoms with van der Waals surface area (Å²) in [5, 5.41) is 11.1. The molecular formula is C24H20N2O4. The van der Waals surface area contributed by atoms with Crippen LogP contribution in [0.25, 0.3) is 5.76 Å². The Morgan fingerprint density at radius 3 is 2.47 bits per heavy atom. The number of ketones is 1. The van der Waals surface area contributed by atoms with Gasteiger partial charge in [0.2, 0.25) is 0 Å². The first-order valence-corrected chi connectivity index (χ1v) is 9.44. The molecule has 1 saturated heterocycles. The number of aliphatic hydroxyl groups is 1. The van der Waals surface area contributed by atoms with Crippen molar-refractivity contribution in [1.82, 2.24) is 4.98 Å². The zero-order valence-corrected chi connectivity index (χ0v) is 16.6. The van der Waals surface area contributed by atoms with Crippen LogP contribution in [0.1, 0.15) is 22.7 Å². The predicted molar refractivity (Wildman–Crippen MR) is 113 cm³/mol. The van der Waals surface area contributed by atoms with E-state index in [1.807, 2.05) is 25.1 Å². The van der Waals surface area contributed by atoms with E-state index in [1.54, 1.807) is 54.9 Å². The SMILES string of the molecule is COc1cccc(/C(O)=C2/C(=O)C(=O)N(c3ccccc3C)C2c2ccncc2)c1. The molecule has 0 bridgehead atoms. The highest BCUT2D eigenvalue weighted by Crippen LogP contribution is 2.43. The van der Waals surface area contributed by atoms with Crippen LogP contribution >= 0.6 is 0 Å². The van der Waals surface area contributed by atoms with Crippen molar-refractivity contribution in [2.45, 2.75) is 13.0 Å². The molecule has 150 valence electrons. The van der Waals surface area contributed by atoms with E-state index in [0.29, 0.717) is 22.6 Å². The number of ether oxygens (including phenoxy) is 1. The summed E-state index contributed by atoms with van der Waals surface area (Å²) in [6.07, 6.45) is 3.19. The number of hydrogen-bond donors (Lipinski definition) is 1. The van der Waals surface area contributed by atoms with Gasteiger partial charge >= 0.3 is 0 Å². The second kappa shape index (κ2) is 7.83. The third-order valence-electron chi connectivity index (χ3n) is 5.18. The molecule has 0 spiro atoms. The van der Waals surface area contributed by atoms with Crippen molar-refractivity contribution in [2.24, 2.45) is 0 Å². The van der Waals surface area contributed by atoms with Gasteiger partial charge in [-0.15, -0.1) is 0 Å². The van der Waals surface area contributed by atoms with E-state index in [4.69, 9.17) is 4.74 Å². The maximum absolute atomic E-state index is 13.1. The number of anilines is 1. The molecule has 30 heavy (non-hydrogen) atoms. The highest BCUT2D eigenvalue weighted by atomic mass is 16.5. The summed E-state index contributed by atoms with van der Waals surface area (Å²) in [6.45, 7) is 1.88. The molecule has 2 aromatic carbocycles. The minimum absolute atomic E-state index is 0.0303. The van der Waals surface area contributed by atoms with Gasteiger partial charge in [0.05, 0.1) is 18.7 Å². The lowest BCUT2D eigenvalue weighted by atomic mass is 9.95. The van der Waals surface area contributed by atoms with Crippen molar-refractivity contribution in [3.8, 4) is 5.75 Å². The Bertz CT molecular complexity index is 1150. The minimum Gasteiger partial charge on any atom is -0.507 e. The van der Waals surface area contributed by atoms with Crippen LogP contribution in [0.3, 0.4) is 0 Å². The first-order valence-electron chi connectivity index (χ1n) is 9.44. The molecule has 1 unspecified atom stereocenters. The molecule has 1 atom stereocenters. The number of carbonyl (C=O) groups excluding carboxylic acids is 2. The third kappa shape index (κ3) is 3.22. The van der Waals surface area contributed by atoms with E-state index in [1.165, 1.54) is 12.0 Å². The number of pyridine rings is 1. The van der Waals surface area contributed by atoms with Crippen molar-refractivity contribution in [3.05, 3.63) is 95.3 Å². The highest BCUT2D eigenvalue weighted by molar-refractivity contribution is 6.51. The second-order valence-corrected chi connectivity index (χ2v) is 6.97. The Hall–Kier alpha value is -3.93. The van der Waals surface area contributed by atoms with E-state index >= 15 is 0 Å². The van der Waals surface area contributed by atoms with Crippen LogP contribution in [0.2, 0.25) is 0 Å². The molecule has 0 saturated carbocycles. The summed E-state index contributed by atoms with van der Waals surface area (Å²) < 4.78 is 5.23. The standard InChI is InChI=1S/C24H20N2O4/c1-15-6-3-4-9-19(15)26-21(16-10-12-25-13-11-16)20(23(28)24(26)29)22(27)17-7-5-8-18(14-17)30-2/h3-14,21,27H,1-2H3/b22-20-. The molecule has 2 heterocycles. The van der Waals surface area contributed by atoms with Crippen molar-refractivity contribution in [1.29, 1.82) is 0 Å². The van der Waals surface area contributed by atoms with E-state index in [9.17, 15) is 14.7 Å². The number of carbonyl (C=O) groups is 2. The fourth-order valence-corrected chi connectivity index (χ4v) is 3.70. The molecule has 1 aliphatic rings. The van der Waals surface area contributed by atoms with Gasteiger partial charge in [0.1, 0.15) is 11.5 Å². The van der Waals surface area contributed by atoms with Gasteiger partial charge in [-0.2, -0.15) is 0 Å². The van der Waals surface area contributed by atoms with Crippen LogP contribution in [0.4, 0.5) is 5.69 Å². The molecule has 0 radical (unpaired) electrons. The molecule has 6 nitrogen and oxygen atoms in total. The number of aliphatic hydroxyl groups excluding tert-OH is 1. The number of amides is 1. The zero-order valence-electron chi connectivity index (χ0n) is 16.6. The zero-order chi connectivity index (χ0) is 21.3. The van der Waals surface area contributed by atoms with Crippen LogP contribution in [-0.4, -0.2) is 28.9 Å². The average molecular weight is 400 g/mol. The number of para-hydroxylation sites is 1. The Labute approximate surface area is 174 Å². The summed E-state index contributed by atoms with van der Waals surface area (Å²) >= 11 is 0. The molecule has 1 fully saturated rings. The lowest BCUT2D eigenvalue weighted by molar-refractivity contribution is -0.132. The molecule has 3 aromatic rings. The summed E-state index contributed by atoms with van der Waals surface area (Å²) in [6, 6.07) is 16.8. The molecule has 1 aliphatic heterocycles. The Morgan fingerprint density at radius 1 is 1.03 bits per heavy atom. The highest BCUT2D eigenvalue weighted by Gasteiger charge is 2.47. The van der Waals surface area contributed by atoms with Gasteiger partial charge in [-0.05, 0) is 48.4 Å². The van der Waals surface area contributed by atoms with Crippen molar-refractivity contribution >= 4 is 23.1 Å². The van der Waals surface area contributed by atoms with Crippen LogP contribution < -0.4 is 9.64 Å². The van der Waals surface area contributed by atoms with Crippen molar-refractivity contribution < 1.29 is 19.4 Å². The van der Waals surface area contributed by atoms with Gasteiger partial charge in [0, 0.05) is 23.6 Å². The third-order valence-corrected chi connectivity index (χ3v) is 5.18. The topological polar surface area (TPSA) is 79.7 Å². The van der Waals surface area contributed by atoms with E-state index < -0.39 is 17.7 Å². The molecule has 1 N–H and O–H groups in total. The number of hydrogen-bond acceptors (Lipinski definition) is 5. The number of benzene rings is 2. The summed E-state index contributed by atoms with van der Waals surface area (Å²) in [7, 11) is 1.52. The van der Waals surface area contributed by atoms with Gasteiger partial charge in [-0.1, -0.05) is 30.3 Å². The largest absolute Gasteiger partial charge is 0.507 e.